The van der Waals surface area contributed by atoms with Crippen molar-refractivity contribution in [3.05, 3.63) is 189 Å². The molecule has 0 unspecified atom stereocenters. The fourth-order valence-electron chi connectivity index (χ4n) is 7.74. The Bertz CT molecular complexity index is 2650. The smallest absolute Gasteiger partial charge is 0.00261 e. The van der Waals surface area contributed by atoms with Crippen molar-refractivity contribution in [2.75, 3.05) is 0 Å². The lowest BCUT2D eigenvalue weighted by atomic mass is 9.84. The van der Waals surface area contributed by atoms with Crippen molar-refractivity contribution >= 4 is 59.9 Å². The third kappa shape index (κ3) is 4.93. The monoisotopic (exact) mass is 624 g/mol. The molecule has 0 nitrogen and oxygen atoms in total. The zero-order valence-corrected chi connectivity index (χ0v) is 27.7. The van der Waals surface area contributed by atoms with Gasteiger partial charge in [0, 0.05) is 0 Å². The van der Waals surface area contributed by atoms with Crippen LogP contribution in [0, 0.1) is 6.92 Å². The summed E-state index contributed by atoms with van der Waals surface area (Å²) in [5.41, 5.74) is 9.97. The van der Waals surface area contributed by atoms with Gasteiger partial charge in [0.1, 0.15) is 0 Å². The summed E-state index contributed by atoms with van der Waals surface area (Å²) in [5.74, 6) is 0. The first-order valence-corrected chi connectivity index (χ1v) is 16.8. The molecule has 0 amide bonds. The van der Waals surface area contributed by atoms with Crippen molar-refractivity contribution in [2.45, 2.75) is 6.92 Å². The lowest BCUT2D eigenvalue weighted by molar-refractivity contribution is 1.48. The molecule has 49 heavy (non-hydrogen) atoms. The van der Waals surface area contributed by atoms with Crippen LogP contribution < -0.4 is 0 Å². The highest BCUT2D eigenvalue weighted by atomic mass is 14.2. The first-order valence-electron chi connectivity index (χ1n) is 16.8. The van der Waals surface area contributed by atoms with E-state index in [1.807, 2.05) is 6.08 Å². The Balaban J connectivity index is 0.00000171. The fourth-order valence-corrected chi connectivity index (χ4v) is 7.74. The summed E-state index contributed by atoms with van der Waals surface area (Å²) >= 11 is 0. The largest absolute Gasteiger partial charge is 0.106 e. The van der Waals surface area contributed by atoms with Gasteiger partial charge in [-0.3, -0.25) is 0 Å². The van der Waals surface area contributed by atoms with Crippen molar-refractivity contribution in [2.24, 2.45) is 0 Å². The second kappa shape index (κ2) is 12.4. The van der Waals surface area contributed by atoms with E-state index in [0.29, 0.717) is 0 Å². The summed E-state index contributed by atoms with van der Waals surface area (Å²) in [6, 6.07) is 58.1. The van der Waals surface area contributed by atoms with Gasteiger partial charge >= 0.3 is 0 Å². The second-order valence-electron chi connectivity index (χ2n) is 12.5. The SMILES string of the molecule is C=C.C=Cc1c(C)ccc2ccc(-c3c4ccccc4c(-c4ccc5cc(-c6ccccc6)c6ccccc6c5c4)c4ccccc34)cc12. The van der Waals surface area contributed by atoms with Crippen molar-refractivity contribution in [1.82, 2.24) is 0 Å². The lowest BCUT2D eigenvalue weighted by Crippen LogP contribution is -1.92. The number of fused-ring (bicyclic) bond motifs is 6. The summed E-state index contributed by atoms with van der Waals surface area (Å²) in [4.78, 5) is 0. The maximum absolute atomic E-state index is 4.15. The quantitative estimate of drug-likeness (QED) is 0.104. The molecule has 0 saturated heterocycles. The van der Waals surface area contributed by atoms with Crippen molar-refractivity contribution < 1.29 is 0 Å². The molecule has 0 saturated carbocycles. The van der Waals surface area contributed by atoms with Crippen molar-refractivity contribution in [3.8, 4) is 33.4 Å². The second-order valence-corrected chi connectivity index (χ2v) is 12.5. The summed E-state index contributed by atoms with van der Waals surface area (Å²) in [6.45, 7) is 12.3. The minimum atomic E-state index is 1.20. The van der Waals surface area contributed by atoms with Crippen LogP contribution in [0.4, 0.5) is 0 Å². The predicted octanol–water partition coefficient (Wildman–Crippen LogP) is 14.2. The van der Waals surface area contributed by atoms with Crippen LogP contribution in [0.3, 0.4) is 0 Å². The van der Waals surface area contributed by atoms with E-state index in [-0.39, 0.29) is 0 Å². The van der Waals surface area contributed by atoms with Gasteiger partial charge in [0.2, 0.25) is 0 Å². The van der Waals surface area contributed by atoms with E-state index in [0.717, 1.165) is 0 Å². The van der Waals surface area contributed by atoms with E-state index in [9.17, 15) is 0 Å². The molecule has 9 aromatic carbocycles. The highest BCUT2D eigenvalue weighted by molar-refractivity contribution is 6.23. The van der Waals surface area contributed by atoms with Gasteiger partial charge in [-0.15, -0.1) is 13.2 Å². The Hall–Kier alpha value is -6.24. The first kappa shape index (κ1) is 30.1. The van der Waals surface area contributed by atoms with Gasteiger partial charge in [-0.25, -0.2) is 0 Å². The Morgan fingerprint density at radius 1 is 0.388 bits per heavy atom. The van der Waals surface area contributed by atoms with Gasteiger partial charge in [-0.1, -0.05) is 152 Å². The molecule has 0 fully saturated rings. The molecule has 0 atom stereocenters. The van der Waals surface area contributed by atoms with Gasteiger partial charge < -0.3 is 0 Å². The van der Waals surface area contributed by atoms with Crippen molar-refractivity contribution in [1.29, 1.82) is 0 Å². The summed E-state index contributed by atoms with van der Waals surface area (Å²) in [7, 11) is 0. The predicted molar refractivity (Wildman–Crippen MR) is 216 cm³/mol. The van der Waals surface area contributed by atoms with Crippen LogP contribution >= 0.6 is 0 Å². The third-order valence-corrected chi connectivity index (χ3v) is 9.94. The van der Waals surface area contributed by atoms with Crippen LogP contribution in [-0.2, 0) is 0 Å². The number of hydrogen-bond acceptors (Lipinski definition) is 0. The first-order chi connectivity index (χ1) is 24.2. The Morgan fingerprint density at radius 2 is 0.857 bits per heavy atom. The standard InChI is InChI=1S/C47H32.C2H4/c1-3-36-30(2)21-22-32-23-25-34(28-43(32)36)46-39-17-9-11-19-41(39)47(42-20-12-10-18-40(42)46)35-26-24-33-27-44(31-13-5-4-6-14-31)37-15-7-8-16-38(37)45(33)29-35;1-2/h3-29H,1H2,2H3;1-2H2. The molecule has 0 N–H and O–H groups in total. The van der Waals surface area contributed by atoms with E-state index < -0.39 is 0 Å². The molecule has 0 aliphatic rings. The zero-order valence-electron chi connectivity index (χ0n) is 27.7. The molecule has 0 aliphatic heterocycles. The topological polar surface area (TPSA) is 0 Å². The number of aryl methyl sites for hydroxylation is 1. The van der Waals surface area contributed by atoms with E-state index >= 15 is 0 Å². The van der Waals surface area contributed by atoms with Gasteiger partial charge in [0.25, 0.3) is 0 Å². The Kier molecular flexibility index (Phi) is 7.63. The highest BCUT2D eigenvalue weighted by Gasteiger charge is 2.18. The lowest BCUT2D eigenvalue weighted by Gasteiger charge is -2.19. The number of rotatable bonds is 4. The van der Waals surface area contributed by atoms with Crippen LogP contribution in [0.1, 0.15) is 11.1 Å². The fraction of sp³-hybridized carbons (Fsp3) is 0.0204. The van der Waals surface area contributed by atoms with Gasteiger partial charge in [-0.2, -0.15) is 0 Å². The minimum Gasteiger partial charge on any atom is -0.106 e. The molecular formula is C49H36. The summed E-state index contributed by atoms with van der Waals surface area (Å²) in [6.07, 6.45) is 1.99. The van der Waals surface area contributed by atoms with Crippen LogP contribution in [0.15, 0.2) is 177 Å². The number of hydrogen-bond donors (Lipinski definition) is 0. The normalized spacial score (nSPS) is 11.2. The van der Waals surface area contributed by atoms with Gasteiger partial charge in [0.15, 0.2) is 0 Å². The highest BCUT2D eigenvalue weighted by Crippen LogP contribution is 2.45. The average molecular weight is 625 g/mol. The molecule has 9 aromatic rings. The van der Waals surface area contributed by atoms with Crippen molar-refractivity contribution in [3.63, 3.8) is 0 Å². The molecule has 0 heterocycles. The molecule has 232 valence electrons. The zero-order chi connectivity index (χ0) is 33.5. The molecule has 0 bridgehead atoms. The van der Waals surface area contributed by atoms with E-state index in [1.54, 1.807) is 0 Å². The molecule has 0 spiro atoms. The Morgan fingerprint density at radius 3 is 1.43 bits per heavy atom. The van der Waals surface area contributed by atoms with E-state index in [4.69, 9.17) is 0 Å². The maximum atomic E-state index is 4.15. The maximum Gasteiger partial charge on any atom is -0.00261 e. The van der Waals surface area contributed by atoms with Crippen LogP contribution in [0.25, 0.3) is 93.3 Å². The number of benzene rings is 9. The molecule has 9 rings (SSSR count). The molecule has 0 radical (unpaired) electrons. The average Bonchev–Trinajstić information content (AvgIpc) is 3.17. The molecule has 0 aliphatic carbocycles. The van der Waals surface area contributed by atoms with Crippen LogP contribution in [0.5, 0.6) is 0 Å². The summed E-state index contributed by atoms with van der Waals surface area (Å²) in [5, 5.41) is 12.6. The van der Waals surface area contributed by atoms with Crippen LogP contribution in [0.2, 0.25) is 0 Å². The molecular weight excluding hydrogens is 589 g/mol. The minimum absolute atomic E-state index is 1.20. The van der Waals surface area contributed by atoms with Gasteiger partial charge in [0.05, 0.1) is 0 Å². The van der Waals surface area contributed by atoms with Gasteiger partial charge in [-0.05, 0) is 123 Å². The van der Waals surface area contributed by atoms with E-state index in [2.05, 4.69) is 184 Å². The molecule has 0 aromatic heterocycles. The Labute approximate surface area is 287 Å². The van der Waals surface area contributed by atoms with Crippen LogP contribution in [-0.4, -0.2) is 0 Å². The summed E-state index contributed by atoms with van der Waals surface area (Å²) < 4.78 is 0. The molecule has 0 heteroatoms. The third-order valence-electron chi connectivity index (χ3n) is 9.94. The van der Waals surface area contributed by atoms with E-state index in [1.165, 1.54) is 98.4 Å².